The topological polar surface area (TPSA) is 49.6 Å². The fourth-order valence-corrected chi connectivity index (χ4v) is 3.68. The van der Waals surface area contributed by atoms with Gasteiger partial charge in [-0.05, 0) is 38.3 Å². The van der Waals surface area contributed by atoms with Crippen LogP contribution in [0.25, 0.3) is 0 Å². The van der Waals surface area contributed by atoms with Gasteiger partial charge in [0.2, 0.25) is 5.91 Å². The number of rotatable bonds is 5. The van der Waals surface area contributed by atoms with Gasteiger partial charge in [-0.1, -0.05) is 20.3 Å². The summed E-state index contributed by atoms with van der Waals surface area (Å²) in [4.78, 5) is 16.9. The van der Waals surface area contributed by atoms with Crippen molar-refractivity contribution in [3.8, 4) is 0 Å². The Hall–Kier alpha value is -0.610. The van der Waals surface area contributed by atoms with E-state index >= 15 is 0 Å². The quantitative estimate of drug-likeness (QED) is 0.820. The molecule has 4 heteroatoms. The molecule has 1 saturated carbocycles. The van der Waals surface area contributed by atoms with E-state index in [1.165, 1.54) is 6.42 Å². The van der Waals surface area contributed by atoms with Crippen molar-refractivity contribution in [3.63, 3.8) is 0 Å². The van der Waals surface area contributed by atoms with Crippen molar-refractivity contribution < 1.29 is 4.79 Å². The number of carbonyl (C=O) groups excluding carboxylic acids is 1. The predicted molar refractivity (Wildman–Crippen MR) is 77.8 cm³/mol. The van der Waals surface area contributed by atoms with Gasteiger partial charge in [0.25, 0.3) is 0 Å². The highest BCUT2D eigenvalue weighted by Gasteiger charge is 2.32. The van der Waals surface area contributed by atoms with Gasteiger partial charge in [0.1, 0.15) is 0 Å². The van der Waals surface area contributed by atoms with Crippen molar-refractivity contribution in [2.75, 3.05) is 26.2 Å². The average Bonchev–Trinajstić information content (AvgIpc) is 3.02. The lowest BCUT2D eigenvalue weighted by Crippen LogP contribution is -2.39. The van der Waals surface area contributed by atoms with Gasteiger partial charge in [0, 0.05) is 31.6 Å². The first-order valence-electron chi connectivity index (χ1n) is 7.93. The molecule has 110 valence electrons. The molecule has 0 aromatic carbocycles. The van der Waals surface area contributed by atoms with Crippen LogP contribution in [-0.4, -0.2) is 54.0 Å². The molecule has 0 radical (unpaired) electrons. The average molecular weight is 267 g/mol. The molecule has 0 aromatic heterocycles. The zero-order valence-corrected chi connectivity index (χ0v) is 12.5. The molecule has 1 amide bonds. The first kappa shape index (κ1) is 14.8. The third-order valence-corrected chi connectivity index (χ3v) is 5.00. The van der Waals surface area contributed by atoms with E-state index in [4.69, 9.17) is 5.73 Å². The van der Waals surface area contributed by atoms with Crippen LogP contribution in [0.15, 0.2) is 0 Å². The van der Waals surface area contributed by atoms with Crippen molar-refractivity contribution in [1.29, 1.82) is 0 Å². The summed E-state index contributed by atoms with van der Waals surface area (Å²) in [6.07, 6.45) is 5.23. The van der Waals surface area contributed by atoms with Crippen molar-refractivity contribution >= 4 is 5.91 Å². The van der Waals surface area contributed by atoms with Crippen LogP contribution in [0.1, 0.15) is 46.0 Å². The zero-order valence-electron chi connectivity index (χ0n) is 12.5. The number of hydrogen-bond donors (Lipinski definition) is 1. The number of hydrogen-bond acceptors (Lipinski definition) is 3. The number of nitrogens with two attached hydrogens (primary N) is 1. The molecule has 2 fully saturated rings. The van der Waals surface area contributed by atoms with E-state index in [0.29, 0.717) is 24.3 Å². The molecule has 1 heterocycles. The number of nitrogens with zero attached hydrogens (tertiary/aromatic N) is 2. The van der Waals surface area contributed by atoms with Gasteiger partial charge in [0.05, 0.1) is 0 Å². The summed E-state index contributed by atoms with van der Waals surface area (Å²) in [5.41, 5.74) is 6.07. The van der Waals surface area contributed by atoms with Crippen LogP contribution in [0, 0.1) is 5.92 Å². The van der Waals surface area contributed by atoms with Gasteiger partial charge in [-0.15, -0.1) is 0 Å². The summed E-state index contributed by atoms with van der Waals surface area (Å²) in [7, 11) is 0. The van der Waals surface area contributed by atoms with Gasteiger partial charge in [-0.3, -0.25) is 9.69 Å². The van der Waals surface area contributed by atoms with E-state index in [1.54, 1.807) is 0 Å². The second-order valence-corrected chi connectivity index (χ2v) is 6.06. The van der Waals surface area contributed by atoms with E-state index in [9.17, 15) is 4.79 Å². The molecule has 0 spiro atoms. The summed E-state index contributed by atoms with van der Waals surface area (Å²) in [6.45, 7) is 8.41. The Bertz CT molecular complexity index is 304. The molecule has 0 bridgehead atoms. The van der Waals surface area contributed by atoms with Crippen LogP contribution < -0.4 is 5.73 Å². The minimum atomic E-state index is 0.255. The SMILES string of the molecule is CCN(CC)C1CCN(C(=O)C[C@@H]2CCC[C@H]2N)C1. The third-order valence-electron chi connectivity index (χ3n) is 5.00. The fourth-order valence-electron chi connectivity index (χ4n) is 3.68. The number of amides is 1. The smallest absolute Gasteiger partial charge is 0.222 e. The Balaban J connectivity index is 1.81. The van der Waals surface area contributed by atoms with E-state index in [-0.39, 0.29) is 6.04 Å². The lowest BCUT2D eigenvalue weighted by atomic mass is 9.99. The summed E-state index contributed by atoms with van der Waals surface area (Å²) in [6, 6.07) is 0.821. The highest BCUT2D eigenvalue weighted by molar-refractivity contribution is 5.77. The van der Waals surface area contributed by atoms with E-state index < -0.39 is 0 Å². The summed E-state index contributed by atoms with van der Waals surface area (Å²) in [5.74, 6) is 0.761. The lowest BCUT2D eigenvalue weighted by Gasteiger charge is -2.26. The standard InChI is InChI=1S/C15H29N3O/c1-3-17(4-2)13-8-9-18(11-13)15(19)10-12-6-5-7-14(12)16/h12-14H,3-11,16H2,1-2H3/t12-,13?,14+/m0/s1. The van der Waals surface area contributed by atoms with E-state index in [1.807, 2.05) is 0 Å². The molecule has 1 unspecified atom stereocenters. The maximum atomic E-state index is 12.3. The first-order valence-corrected chi connectivity index (χ1v) is 7.93. The summed E-state index contributed by atoms with van der Waals surface area (Å²) in [5, 5.41) is 0. The third kappa shape index (κ3) is 3.48. The maximum Gasteiger partial charge on any atom is 0.222 e. The van der Waals surface area contributed by atoms with Crippen molar-refractivity contribution in [2.24, 2.45) is 11.7 Å². The van der Waals surface area contributed by atoms with Crippen LogP contribution in [0.4, 0.5) is 0 Å². The lowest BCUT2D eigenvalue weighted by molar-refractivity contribution is -0.131. The number of carbonyl (C=O) groups is 1. The second kappa shape index (κ2) is 6.71. The minimum absolute atomic E-state index is 0.255. The molecule has 3 atom stereocenters. The van der Waals surface area contributed by atoms with Crippen LogP contribution in [-0.2, 0) is 4.79 Å². The Morgan fingerprint density at radius 3 is 2.58 bits per heavy atom. The molecule has 2 rings (SSSR count). The van der Waals surface area contributed by atoms with Crippen LogP contribution in [0.2, 0.25) is 0 Å². The highest BCUT2D eigenvalue weighted by atomic mass is 16.2. The molecule has 1 saturated heterocycles. The molecule has 1 aliphatic carbocycles. The van der Waals surface area contributed by atoms with Crippen LogP contribution in [0.3, 0.4) is 0 Å². The Labute approximate surface area is 117 Å². The summed E-state index contributed by atoms with van der Waals surface area (Å²) < 4.78 is 0. The molecule has 4 nitrogen and oxygen atoms in total. The second-order valence-electron chi connectivity index (χ2n) is 6.06. The van der Waals surface area contributed by atoms with Crippen molar-refractivity contribution in [1.82, 2.24) is 9.80 Å². The van der Waals surface area contributed by atoms with Gasteiger partial charge in [-0.25, -0.2) is 0 Å². The van der Waals surface area contributed by atoms with Gasteiger partial charge >= 0.3 is 0 Å². The Morgan fingerprint density at radius 2 is 2.00 bits per heavy atom. The molecule has 0 aromatic rings. The molecule has 19 heavy (non-hydrogen) atoms. The Kier molecular flexibility index (Phi) is 5.22. The largest absolute Gasteiger partial charge is 0.341 e. The molecular formula is C15H29N3O. The van der Waals surface area contributed by atoms with E-state index in [0.717, 1.165) is 45.4 Å². The first-order chi connectivity index (χ1) is 9.15. The normalized spacial score (nSPS) is 31.4. The maximum absolute atomic E-state index is 12.3. The Morgan fingerprint density at radius 1 is 1.26 bits per heavy atom. The van der Waals surface area contributed by atoms with Gasteiger partial charge in [-0.2, -0.15) is 0 Å². The van der Waals surface area contributed by atoms with Crippen LogP contribution in [0.5, 0.6) is 0 Å². The fraction of sp³-hybridized carbons (Fsp3) is 0.933. The van der Waals surface area contributed by atoms with Crippen molar-refractivity contribution in [3.05, 3.63) is 0 Å². The minimum Gasteiger partial charge on any atom is -0.341 e. The number of likely N-dealkylation sites (tertiary alicyclic amines) is 1. The zero-order chi connectivity index (χ0) is 13.8. The van der Waals surface area contributed by atoms with Gasteiger partial charge in [0.15, 0.2) is 0 Å². The predicted octanol–water partition coefficient (Wildman–Crippen LogP) is 1.45. The number of likely N-dealkylation sites (N-methyl/N-ethyl adjacent to an activating group) is 1. The van der Waals surface area contributed by atoms with Gasteiger partial charge < -0.3 is 10.6 Å². The highest BCUT2D eigenvalue weighted by Crippen LogP contribution is 2.28. The van der Waals surface area contributed by atoms with E-state index in [2.05, 4.69) is 23.6 Å². The molecule has 2 N–H and O–H groups in total. The molecular weight excluding hydrogens is 238 g/mol. The molecule has 2 aliphatic rings. The summed E-state index contributed by atoms with van der Waals surface area (Å²) >= 11 is 0. The van der Waals surface area contributed by atoms with Crippen molar-refractivity contribution in [2.45, 2.75) is 58.0 Å². The molecule has 1 aliphatic heterocycles. The van der Waals surface area contributed by atoms with Crippen LogP contribution >= 0.6 is 0 Å². The monoisotopic (exact) mass is 267 g/mol.